The van der Waals surface area contributed by atoms with Gasteiger partial charge in [-0.1, -0.05) is 19.1 Å². The molecule has 0 aliphatic heterocycles. The van der Waals surface area contributed by atoms with Crippen LogP contribution < -0.4 is 0 Å². The van der Waals surface area contributed by atoms with E-state index in [9.17, 15) is 9.90 Å². The predicted octanol–water partition coefficient (Wildman–Crippen LogP) is 2.53. The van der Waals surface area contributed by atoms with Crippen molar-refractivity contribution in [3.63, 3.8) is 0 Å². The van der Waals surface area contributed by atoms with Crippen LogP contribution in [0.4, 0.5) is 0 Å². The molecule has 16 heavy (non-hydrogen) atoms. The van der Waals surface area contributed by atoms with Crippen LogP contribution in [0, 0.1) is 5.92 Å². The summed E-state index contributed by atoms with van der Waals surface area (Å²) in [7, 11) is 0. The number of aromatic hydroxyl groups is 1. The fourth-order valence-electron chi connectivity index (χ4n) is 2.56. The second-order valence-electron chi connectivity index (χ2n) is 4.47. The molecule has 0 saturated carbocycles. The number of phenolic OH excluding ortho intramolecular Hbond substituents is 1. The Hall–Kier alpha value is -1.51. The molecule has 1 aliphatic rings. The normalized spacial score (nSPS) is 21.2. The summed E-state index contributed by atoms with van der Waals surface area (Å²) in [5.74, 6) is -0.810. The molecule has 1 aromatic rings. The number of fused-ring (bicyclic) bond motifs is 1. The maximum Gasteiger partial charge on any atom is 0.306 e. The maximum absolute atomic E-state index is 11.0. The summed E-state index contributed by atoms with van der Waals surface area (Å²) in [6, 6.07) is 5.41. The molecule has 0 radical (unpaired) electrons. The van der Waals surface area contributed by atoms with Crippen molar-refractivity contribution < 1.29 is 15.0 Å². The minimum absolute atomic E-state index is 0.0355. The number of hydrogen-bond donors (Lipinski definition) is 2. The molecule has 2 rings (SSSR count). The molecule has 2 unspecified atom stereocenters. The van der Waals surface area contributed by atoms with Gasteiger partial charge in [-0.15, -0.1) is 0 Å². The molecule has 0 heterocycles. The molecule has 0 fully saturated rings. The van der Waals surface area contributed by atoms with Crippen LogP contribution in [-0.2, 0) is 11.2 Å². The fourth-order valence-corrected chi connectivity index (χ4v) is 2.56. The Morgan fingerprint density at radius 2 is 2.25 bits per heavy atom. The molecular weight excluding hydrogens is 204 g/mol. The fraction of sp³-hybridized carbons (Fsp3) is 0.462. The quantitative estimate of drug-likeness (QED) is 0.805. The van der Waals surface area contributed by atoms with Gasteiger partial charge in [0.2, 0.25) is 0 Å². The van der Waals surface area contributed by atoms with Crippen LogP contribution in [0.1, 0.15) is 36.8 Å². The van der Waals surface area contributed by atoms with E-state index in [2.05, 4.69) is 0 Å². The number of aliphatic carboxylic acids is 1. The van der Waals surface area contributed by atoms with E-state index >= 15 is 0 Å². The van der Waals surface area contributed by atoms with Gasteiger partial charge < -0.3 is 10.2 Å². The minimum atomic E-state index is -0.763. The van der Waals surface area contributed by atoms with Crippen molar-refractivity contribution in [2.45, 2.75) is 32.1 Å². The van der Waals surface area contributed by atoms with Crippen molar-refractivity contribution >= 4 is 5.97 Å². The monoisotopic (exact) mass is 220 g/mol. The van der Waals surface area contributed by atoms with Gasteiger partial charge in [0.1, 0.15) is 5.75 Å². The largest absolute Gasteiger partial charge is 0.508 e. The van der Waals surface area contributed by atoms with Crippen molar-refractivity contribution in [3.05, 3.63) is 29.3 Å². The van der Waals surface area contributed by atoms with Crippen molar-refractivity contribution in [1.29, 1.82) is 0 Å². The van der Waals surface area contributed by atoms with E-state index in [-0.39, 0.29) is 11.8 Å². The average molecular weight is 220 g/mol. The predicted molar refractivity (Wildman–Crippen MR) is 60.6 cm³/mol. The van der Waals surface area contributed by atoms with Gasteiger partial charge in [0.15, 0.2) is 0 Å². The van der Waals surface area contributed by atoms with Crippen LogP contribution in [0.5, 0.6) is 5.75 Å². The van der Waals surface area contributed by atoms with Crippen LogP contribution in [-0.4, -0.2) is 16.2 Å². The zero-order valence-electron chi connectivity index (χ0n) is 9.31. The van der Waals surface area contributed by atoms with Gasteiger partial charge in [0.25, 0.3) is 0 Å². The first-order chi connectivity index (χ1) is 7.61. The first-order valence-corrected chi connectivity index (χ1v) is 5.65. The first kappa shape index (κ1) is 11.0. The molecule has 1 aromatic carbocycles. The van der Waals surface area contributed by atoms with Gasteiger partial charge in [0, 0.05) is 0 Å². The van der Waals surface area contributed by atoms with E-state index in [1.807, 2.05) is 6.07 Å². The van der Waals surface area contributed by atoms with Crippen LogP contribution in [0.25, 0.3) is 0 Å². The summed E-state index contributed by atoms with van der Waals surface area (Å²) in [6.45, 7) is 1.74. The average Bonchev–Trinajstić information content (AvgIpc) is 2.28. The highest BCUT2D eigenvalue weighted by molar-refractivity contribution is 5.71. The number of carbonyl (C=O) groups is 1. The summed E-state index contributed by atoms with van der Waals surface area (Å²) in [5, 5.41) is 18.8. The number of rotatable bonds is 2. The molecule has 0 amide bonds. The van der Waals surface area contributed by atoms with E-state index in [1.54, 1.807) is 19.1 Å². The van der Waals surface area contributed by atoms with E-state index in [4.69, 9.17) is 5.11 Å². The molecule has 0 saturated heterocycles. The standard InChI is InChI=1S/C13H16O3/c1-8(13(15)16)9-4-2-6-11-10(9)5-3-7-12(11)14/h3,5,7-9,14H,2,4,6H2,1H3,(H,15,16). The Kier molecular flexibility index (Phi) is 2.86. The third-order valence-corrected chi connectivity index (χ3v) is 3.52. The van der Waals surface area contributed by atoms with Crippen LogP contribution >= 0.6 is 0 Å². The van der Waals surface area contributed by atoms with Gasteiger partial charge in [-0.3, -0.25) is 4.79 Å². The van der Waals surface area contributed by atoms with E-state index in [0.717, 1.165) is 30.4 Å². The SMILES string of the molecule is CC(C(=O)O)C1CCCc2c(O)cccc21. The summed E-state index contributed by atoms with van der Waals surface area (Å²) in [4.78, 5) is 11.0. The lowest BCUT2D eigenvalue weighted by molar-refractivity contribution is -0.142. The van der Waals surface area contributed by atoms with E-state index in [0.29, 0.717) is 5.75 Å². The van der Waals surface area contributed by atoms with Gasteiger partial charge in [-0.2, -0.15) is 0 Å². The molecule has 1 aliphatic carbocycles. The Morgan fingerprint density at radius 3 is 2.94 bits per heavy atom. The Balaban J connectivity index is 2.40. The summed E-state index contributed by atoms with van der Waals surface area (Å²) < 4.78 is 0. The lowest BCUT2D eigenvalue weighted by Crippen LogP contribution is -2.22. The number of benzene rings is 1. The highest BCUT2D eigenvalue weighted by Crippen LogP contribution is 2.40. The highest BCUT2D eigenvalue weighted by Gasteiger charge is 2.30. The van der Waals surface area contributed by atoms with Crippen molar-refractivity contribution in [3.8, 4) is 5.75 Å². The van der Waals surface area contributed by atoms with Crippen LogP contribution in [0.3, 0.4) is 0 Å². The lowest BCUT2D eigenvalue weighted by atomic mass is 9.76. The third-order valence-electron chi connectivity index (χ3n) is 3.52. The molecule has 0 bridgehead atoms. The smallest absolute Gasteiger partial charge is 0.306 e. The number of carboxylic acid groups (broad SMARTS) is 1. The molecule has 0 spiro atoms. The third kappa shape index (κ3) is 1.77. The second kappa shape index (κ2) is 4.16. The zero-order valence-corrected chi connectivity index (χ0v) is 9.31. The second-order valence-corrected chi connectivity index (χ2v) is 4.47. The highest BCUT2D eigenvalue weighted by atomic mass is 16.4. The lowest BCUT2D eigenvalue weighted by Gasteiger charge is -2.28. The molecule has 2 atom stereocenters. The Labute approximate surface area is 94.7 Å². The van der Waals surface area contributed by atoms with Gasteiger partial charge in [-0.25, -0.2) is 0 Å². The van der Waals surface area contributed by atoms with Crippen molar-refractivity contribution in [1.82, 2.24) is 0 Å². The van der Waals surface area contributed by atoms with Gasteiger partial charge in [-0.05, 0) is 42.4 Å². The van der Waals surface area contributed by atoms with Gasteiger partial charge >= 0.3 is 5.97 Å². The molecule has 0 aromatic heterocycles. The maximum atomic E-state index is 11.0. The number of hydrogen-bond acceptors (Lipinski definition) is 2. The molecular formula is C13H16O3. The number of phenols is 1. The molecule has 2 N–H and O–H groups in total. The Morgan fingerprint density at radius 1 is 1.50 bits per heavy atom. The van der Waals surface area contributed by atoms with E-state index < -0.39 is 5.97 Å². The topological polar surface area (TPSA) is 57.5 Å². The Bertz CT molecular complexity index is 412. The van der Waals surface area contributed by atoms with Crippen molar-refractivity contribution in [2.75, 3.05) is 0 Å². The first-order valence-electron chi connectivity index (χ1n) is 5.65. The van der Waals surface area contributed by atoms with Gasteiger partial charge in [0.05, 0.1) is 5.92 Å². The van der Waals surface area contributed by atoms with E-state index in [1.165, 1.54) is 0 Å². The summed E-state index contributed by atoms with van der Waals surface area (Å²) in [5.41, 5.74) is 1.95. The van der Waals surface area contributed by atoms with Crippen LogP contribution in [0.15, 0.2) is 18.2 Å². The summed E-state index contributed by atoms with van der Waals surface area (Å²) in [6.07, 6.45) is 2.70. The van der Waals surface area contributed by atoms with Crippen LogP contribution in [0.2, 0.25) is 0 Å². The molecule has 3 nitrogen and oxygen atoms in total. The minimum Gasteiger partial charge on any atom is -0.508 e. The van der Waals surface area contributed by atoms with Crippen molar-refractivity contribution in [2.24, 2.45) is 5.92 Å². The number of carboxylic acids is 1. The summed E-state index contributed by atoms with van der Waals surface area (Å²) >= 11 is 0. The molecule has 86 valence electrons. The molecule has 3 heteroatoms. The zero-order chi connectivity index (χ0) is 11.7.